The molecule has 1 aliphatic heterocycles. The first kappa shape index (κ1) is 25.2. The molecule has 1 saturated carbocycles. The van der Waals surface area contributed by atoms with Gasteiger partial charge in [0.25, 0.3) is 5.91 Å². The fourth-order valence-electron chi connectivity index (χ4n) is 5.29. The lowest BCUT2D eigenvalue weighted by Crippen LogP contribution is -2.30. The zero-order valence-electron chi connectivity index (χ0n) is 21.0. The van der Waals surface area contributed by atoms with Gasteiger partial charge in [-0.05, 0) is 79.3 Å². The van der Waals surface area contributed by atoms with Gasteiger partial charge in [0.2, 0.25) is 11.8 Å². The third-order valence-corrected chi connectivity index (χ3v) is 7.27. The van der Waals surface area contributed by atoms with E-state index in [-0.39, 0.29) is 35.1 Å². The van der Waals surface area contributed by atoms with Gasteiger partial charge in [0.1, 0.15) is 5.75 Å². The van der Waals surface area contributed by atoms with Crippen LogP contribution in [-0.2, 0) is 19.1 Å². The van der Waals surface area contributed by atoms with Crippen molar-refractivity contribution in [1.82, 2.24) is 0 Å². The molecule has 38 heavy (non-hydrogen) atoms. The second-order valence-corrected chi connectivity index (χ2v) is 9.55. The quantitative estimate of drug-likeness (QED) is 0.368. The first-order valence-corrected chi connectivity index (χ1v) is 12.6. The minimum absolute atomic E-state index is 0.183. The molecule has 0 bridgehead atoms. The summed E-state index contributed by atoms with van der Waals surface area (Å²) in [4.78, 5) is 52.3. The maximum Gasteiger partial charge on any atom is 0.338 e. The minimum atomic E-state index is -0.681. The van der Waals surface area contributed by atoms with Crippen LogP contribution in [0.5, 0.6) is 5.75 Å². The van der Waals surface area contributed by atoms with Gasteiger partial charge in [-0.25, -0.2) is 4.79 Å². The summed E-state index contributed by atoms with van der Waals surface area (Å²) >= 11 is 0. The molecule has 1 saturated heterocycles. The molecule has 0 aromatic heterocycles. The Morgan fingerprint density at radius 2 is 1.55 bits per heavy atom. The largest absolute Gasteiger partial charge is 0.497 e. The van der Waals surface area contributed by atoms with Crippen molar-refractivity contribution in [1.29, 1.82) is 0 Å². The van der Waals surface area contributed by atoms with Crippen molar-refractivity contribution in [2.75, 3.05) is 23.9 Å². The van der Waals surface area contributed by atoms with Crippen LogP contribution in [0.25, 0.3) is 0 Å². The number of rotatable bonds is 7. The molecule has 3 amide bonds. The van der Waals surface area contributed by atoms with Gasteiger partial charge in [-0.1, -0.05) is 30.3 Å². The van der Waals surface area contributed by atoms with Gasteiger partial charge in [0.05, 0.1) is 30.2 Å². The summed E-state index contributed by atoms with van der Waals surface area (Å²) in [6.45, 7) is -0.457. The van der Waals surface area contributed by atoms with Crippen LogP contribution in [0.2, 0.25) is 0 Å². The molecule has 0 spiro atoms. The Morgan fingerprint density at radius 1 is 0.868 bits per heavy atom. The maximum atomic E-state index is 13.3. The van der Waals surface area contributed by atoms with Crippen molar-refractivity contribution in [3.63, 3.8) is 0 Å². The lowest BCUT2D eigenvalue weighted by atomic mass is 9.73. The van der Waals surface area contributed by atoms with E-state index in [9.17, 15) is 19.2 Å². The number of nitrogens with zero attached hydrogens (tertiary/aromatic N) is 1. The number of hydrogen-bond donors (Lipinski definition) is 1. The average molecular weight is 513 g/mol. The third kappa shape index (κ3) is 5.16. The lowest BCUT2D eigenvalue weighted by Gasteiger charge is -2.28. The fourth-order valence-corrected chi connectivity index (χ4v) is 5.29. The van der Waals surface area contributed by atoms with Crippen LogP contribution < -0.4 is 15.0 Å². The molecule has 0 unspecified atom stereocenters. The molecule has 3 atom stereocenters. The Kier molecular flexibility index (Phi) is 7.22. The van der Waals surface area contributed by atoms with Gasteiger partial charge in [-0.3, -0.25) is 19.3 Å². The molecule has 2 aliphatic rings. The van der Waals surface area contributed by atoms with Gasteiger partial charge in [0.15, 0.2) is 6.61 Å². The Hall–Kier alpha value is -4.46. The number of carbonyl (C=O) groups is 4. The van der Waals surface area contributed by atoms with Crippen molar-refractivity contribution in [3.8, 4) is 5.75 Å². The summed E-state index contributed by atoms with van der Waals surface area (Å²) in [7, 11) is 1.55. The number of benzene rings is 3. The van der Waals surface area contributed by atoms with E-state index in [4.69, 9.17) is 9.47 Å². The Bertz CT molecular complexity index is 1340. The van der Waals surface area contributed by atoms with Crippen molar-refractivity contribution in [2.24, 2.45) is 11.8 Å². The highest BCUT2D eigenvalue weighted by molar-refractivity contribution is 6.22. The molecule has 8 heteroatoms. The number of fused-ring (bicyclic) bond motifs is 1. The number of nitrogens with one attached hydrogen (secondary N) is 1. The van der Waals surface area contributed by atoms with E-state index >= 15 is 0 Å². The Labute approximate surface area is 220 Å². The molecule has 194 valence electrons. The summed E-state index contributed by atoms with van der Waals surface area (Å²) in [5, 5.41) is 2.64. The van der Waals surface area contributed by atoms with Gasteiger partial charge >= 0.3 is 5.97 Å². The second kappa shape index (κ2) is 10.9. The SMILES string of the molecule is COc1ccc(NC(=O)COC(=O)c2ccc(N3C(=O)[C@@H]4CC[C@H](c5ccccc5)C[C@H]4C3=O)cc2)cc1. The van der Waals surface area contributed by atoms with Gasteiger partial charge in [-0.15, -0.1) is 0 Å². The fraction of sp³-hybridized carbons (Fsp3) is 0.267. The number of carbonyl (C=O) groups excluding carboxylic acids is 4. The maximum absolute atomic E-state index is 13.3. The van der Waals surface area contributed by atoms with E-state index in [2.05, 4.69) is 17.4 Å². The molecular formula is C30H28N2O6. The predicted molar refractivity (Wildman–Crippen MR) is 141 cm³/mol. The standard InChI is InChI=1S/C30H28N2O6/c1-37-24-14-10-22(11-15-24)31-27(33)18-38-30(36)20-7-12-23(13-8-20)32-28(34)25-16-9-21(17-26(25)29(32)35)19-5-3-2-4-6-19/h2-8,10-15,21,25-26H,9,16-18H2,1H3,(H,31,33)/t21-,25+,26+/m0/s1. The highest BCUT2D eigenvalue weighted by atomic mass is 16.5. The molecule has 3 aromatic rings. The molecule has 5 rings (SSSR count). The Morgan fingerprint density at radius 3 is 2.24 bits per heavy atom. The molecule has 2 fully saturated rings. The second-order valence-electron chi connectivity index (χ2n) is 9.55. The lowest BCUT2D eigenvalue weighted by molar-refractivity contribution is -0.122. The summed E-state index contributed by atoms with van der Waals surface area (Å²) < 4.78 is 10.2. The number of imide groups is 1. The summed E-state index contributed by atoms with van der Waals surface area (Å²) in [6.07, 6.45) is 2.20. The first-order chi connectivity index (χ1) is 18.4. The summed E-state index contributed by atoms with van der Waals surface area (Å²) in [5.74, 6) is -1.27. The van der Waals surface area contributed by atoms with Crippen LogP contribution in [0.4, 0.5) is 11.4 Å². The molecule has 3 aromatic carbocycles. The Balaban J connectivity index is 1.18. The minimum Gasteiger partial charge on any atom is -0.497 e. The van der Waals surface area contributed by atoms with E-state index in [1.165, 1.54) is 22.6 Å². The number of esters is 1. The van der Waals surface area contributed by atoms with Gasteiger partial charge < -0.3 is 14.8 Å². The smallest absolute Gasteiger partial charge is 0.338 e. The van der Waals surface area contributed by atoms with Gasteiger partial charge in [-0.2, -0.15) is 0 Å². The molecule has 1 aliphatic carbocycles. The summed E-state index contributed by atoms with van der Waals surface area (Å²) in [5.41, 5.74) is 2.39. The van der Waals surface area contributed by atoms with Crippen LogP contribution >= 0.6 is 0 Å². The normalized spacial score (nSPS) is 20.6. The monoisotopic (exact) mass is 512 g/mol. The van der Waals surface area contributed by atoms with E-state index in [0.29, 0.717) is 30.0 Å². The van der Waals surface area contributed by atoms with Crippen molar-refractivity contribution in [3.05, 3.63) is 90.0 Å². The van der Waals surface area contributed by atoms with Crippen molar-refractivity contribution < 1.29 is 28.7 Å². The number of hydrogen-bond acceptors (Lipinski definition) is 6. The van der Waals surface area contributed by atoms with Crippen LogP contribution in [0, 0.1) is 11.8 Å². The zero-order valence-corrected chi connectivity index (χ0v) is 21.0. The van der Waals surface area contributed by atoms with Crippen LogP contribution in [0.1, 0.15) is 41.1 Å². The topological polar surface area (TPSA) is 102 Å². The van der Waals surface area contributed by atoms with Gasteiger partial charge in [0, 0.05) is 5.69 Å². The number of ether oxygens (including phenoxy) is 2. The third-order valence-electron chi connectivity index (χ3n) is 7.27. The molecule has 0 radical (unpaired) electrons. The molecular weight excluding hydrogens is 484 g/mol. The van der Waals surface area contributed by atoms with Crippen LogP contribution in [0.3, 0.4) is 0 Å². The van der Waals surface area contributed by atoms with E-state index < -0.39 is 18.5 Å². The van der Waals surface area contributed by atoms with E-state index in [0.717, 1.165) is 6.42 Å². The van der Waals surface area contributed by atoms with Crippen LogP contribution in [-0.4, -0.2) is 37.4 Å². The number of anilines is 2. The number of methoxy groups -OCH3 is 1. The highest BCUT2D eigenvalue weighted by Crippen LogP contribution is 2.45. The van der Waals surface area contributed by atoms with E-state index in [1.807, 2.05) is 18.2 Å². The van der Waals surface area contributed by atoms with Crippen molar-refractivity contribution >= 4 is 35.1 Å². The van der Waals surface area contributed by atoms with Crippen LogP contribution in [0.15, 0.2) is 78.9 Å². The first-order valence-electron chi connectivity index (χ1n) is 12.6. The summed E-state index contributed by atoms with van der Waals surface area (Å²) in [6, 6.07) is 23.0. The average Bonchev–Trinajstić information content (AvgIpc) is 3.21. The van der Waals surface area contributed by atoms with E-state index in [1.54, 1.807) is 43.5 Å². The van der Waals surface area contributed by atoms with Crippen molar-refractivity contribution in [2.45, 2.75) is 25.2 Å². The molecule has 1 heterocycles. The highest BCUT2D eigenvalue weighted by Gasteiger charge is 2.50. The number of amides is 3. The predicted octanol–water partition coefficient (Wildman–Crippen LogP) is 4.56. The molecule has 8 nitrogen and oxygen atoms in total. The zero-order chi connectivity index (χ0) is 26.6. The molecule has 1 N–H and O–H groups in total.